The Labute approximate surface area is 79.2 Å². The molecule has 1 fully saturated rings. The monoisotopic (exact) mass is 186 g/mol. The van der Waals surface area contributed by atoms with E-state index in [-0.39, 0.29) is 11.9 Å². The molecule has 0 aromatic rings. The highest BCUT2D eigenvalue weighted by atomic mass is 16.5. The third kappa shape index (κ3) is 2.97. The summed E-state index contributed by atoms with van der Waals surface area (Å²) < 4.78 is 5.22. The Morgan fingerprint density at radius 3 is 2.69 bits per heavy atom. The molecule has 1 aliphatic rings. The molecule has 1 rings (SSSR count). The molecule has 1 atom stereocenters. The van der Waals surface area contributed by atoms with Gasteiger partial charge in [-0.25, -0.2) is 0 Å². The lowest BCUT2D eigenvalue weighted by atomic mass is 10.2. The highest BCUT2D eigenvalue weighted by Gasteiger charge is 2.22. The van der Waals surface area contributed by atoms with Crippen LogP contribution in [0, 0.1) is 0 Å². The minimum absolute atomic E-state index is 0.0242. The summed E-state index contributed by atoms with van der Waals surface area (Å²) in [7, 11) is 0. The molecule has 1 aliphatic heterocycles. The number of rotatable bonds is 3. The summed E-state index contributed by atoms with van der Waals surface area (Å²) in [6.07, 6.45) is 0. The molecule has 1 saturated heterocycles. The van der Waals surface area contributed by atoms with Gasteiger partial charge in [-0.3, -0.25) is 9.69 Å². The number of hydrogen-bond donors (Lipinski definition) is 1. The summed E-state index contributed by atoms with van der Waals surface area (Å²) in [4.78, 5) is 13.6. The second-order valence-electron chi connectivity index (χ2n) is 3.22. The van der Waals surface area contributed by atoms with Gasteiger partial charge in [0.15, 0.2) is 0 Å². The minimum Gasteiger partial charge on any atom is -0.379 e. The van der Waals surface area contributed by atoms with Gasteiger partial charge in [0.2, 0.25) is 5.91 Å². The maximum Gasteiger partial charge on any atom is 0.237 e. The first kappa shape index (κ1) is 10.5. The summed E-state index contributed by atoms with van der Waals surface area (Å²) in [5.74, 6) is 0.115. The van der Waals surface area contributed by atoms with Crippen LogP contribution in [-0.4, -0.2) is 49.7 Å². The molecule has 0 aliphatic carbocycles. The minimum atomic E-state index is -0.0242. The lowest BCUT2D eigenvalue weighted by Gasteiger charge is -2.31. The van der Waals surface area contributed by atoms with Crippen LogP contribution in [-0.2, 0) is 9.53 Å². The Hall–Kier alpha value is -0.610. The highest BCUT2D eigenvalue weighted by Crippen LogP contribution is 2.03. The van der Waals surface area contributed by atoms with Crippen molar-refractivity contribution in [2.24, 2.45) is 0 Å². The summed E-state index contributed by atoms with van der Waals surface area (Å²) in [5, 5.41) is 2.82. The molecule has 0 radical (unpaired) electrons. The van der Waals surface area contributed by atoms with Gasteiger partial charge in [0.05, 0.1) is 19.3 Å². The normalized spacial score (nSPS) is 21.1. The first-order valence-corrected chi connectivity index (χ1v) is 4.85. The lowest BCUT2D eigenvalue weighted by Crippen LogP contribution is -2.49. The van der Waals surface area contributed by atoms with Crippen LogP contribution in [0.3, 0.4) is 0 Å². The van der Waals surface area contributed by atoms with E-state index in [2.05, 4.69) is 10.2 Å². The molecule has 1 amide bonds. The second kappa shape index (κ2) is 5.19. The molecule has 4 heteroatoms. The van der Waals surface area contributed by atoms with Crippen LogP contribution < -0.4 is 5.32 Å². The first-order valence-electron chi connectivity index (χ1n) is 4.85. The van der Waals surface area contributed by atoms with Gasteiger partial charge in [0.25, 0.3) is 0 Å². The summed E-state index contributed by atoms with van der Waals surface area (Å²) in [5.41, 5.74) is 0. The Morgan fingerprint density at radius 1 is 1.54 bits per heavy atom. The van der Waals surface area contributed by atoms with Crippen LogP contribution in [0.15, 0.2) is 0 Å². The van der Waals surface area contributed by atoms with Crippen molar-refractivity contribution in [3.8, 4) is 0 Å². The standard InChI is InChI=1S/C9H18N2O2/c1-3-10-9(12)8(2)11-4-6-13-7-5-11/h8H,3-7H2,1-2H3,(H,10,12). The average molecular weight is 186 g/mol. The van der Waals surface area contributed by atoms with Crippen molar-refractivity contribution in [2.75, 3.05) is 32.8 Å². The number of ether oxygens (including phenoxy) is 1. The number of amides is 1. The molecule has 76 valence electrons. The largest absolute Gasteiger partial charge is 0.379 e. The van der Waals surface area contributed by atoms with Crippen molar-refractivity contribution >= 4 is 5.91 Å². The molecule has 1 heterocycles. The van der Waals surface area contributed by atoms with E-state index >= 15 is 0 Å². The smallest absolute Gasteiger partial charge is 0.237 e. The van der Waals surface area contributed by atoms with Crippen LogP contribution in [0.5, 0.6) is 0 Å². The Morgan fingerprint density at radius 2 is 2.15 bits per heavy atom. The van der Waals surface area contributed by atoms with E-state index in [0.29, 0.717) is 6.54 Å². The molecular weight excluding hydrogens is 168 g/mol. The maximum atomic E-state index is 11.4. The fraction of sp³-hybridized carbons (Fsp3) is 0.889. The van der Waals surface area contributed by atoms with E-state index in [9.17, 15) is 4.79 Å². The van der Waals surface area contributed by atoms with Crippen LogP contribution in [0.25, 0.3) is 0 Å². The molecule has 0 bridgehead atoms. The van der Waals surface area contributed by atoms with Crippen molar-refractivity contribution in [3.63, 3.8) is 0 Å². The summed E-state index contributed by atoms with van der Waals surface area (Å²) in [6, 6.07) is -0.0242. The van der Waals surface area contributed by atoms with E-state index < -0.39 is 0 Å². The van der Waals surface area contributed by atoms with Gasteiger partial charge in [0, 0.05) is 19.6 Å². The van der Waals surface area contributed by atoms with Crippen molar-refractivity contribution in [1.82, 2.24) is 10.2 Å². The van der Waals surface area contributed by atoms with E-state index in [0.717, 1.165) is 26.3 Å². The first-order chi connectivity index (χ1) is 6.25. The maximum absolute atomic E-state index is 11.4. The molecule has 0 saturated carbocycles. The number of hydrogen-bond acceptors (Lipinski definition) is 3. The van der Waals surface area contributed by atoms with Gasteiger partial charge in [-0.15, -0.1) is 0 Å². The van der Waals surface area contributed by atoms with E-state index in [4.69, 9.17) is 4.74 Å². The van der Waals surface area contributed by atoms with E-state index in [1.165, 1.54) is 0 Å². The summed E-state index contributed by atoms with van der Waals surface area (Å²) in [6.45, 7) is 7.78. The average Bonchev–Trinajstić information content (AvgIpc) is 2.18. The zero-order chi connectivity index (χ0) is 9.68. The number of nitrogens with zero attached hydrogens (tertiary/aromatic N) is 1. The molecule has 4 nitrogen and oxygen atoms in total. The van der Waals surface area contributed by atoms with Gasteiger partial charge in [0.1, 0.15) is 0 Å². The number of likely N-dealkylation sites (N-methyl/N-ethyl adjacent to an activating group) is 1. The molecule has 0 spiro atoms. The van der Waals surface area contributed by atoms with Crippen LogP contribution in [0.4, 0.5) is 0 Å². The summed E-state index contributed by atoms with van der Waals surface area (Å²) >= 11 is 0. The van der Waals surface area contributed by atoms with Crippen LogP contribution in [0.2, 0.25) is 0 Å². The fourth-order valence-corrected chi connectivity index (χ4v) is 1.45. The van der Waals surface area contributed by atoms with Crippen LogP contribution >= 0.6 is 0 Å². The molecular formula is C9H18N2O2. The second-order valence-corrected chi connectivity index (χ2v) is 3.22. The van der Waals surface area contributed by atoms with Gasteiger partial charge < -0.3 is 10.1 Å². The molecule has 1 N–H and O–H groups in total. The highest BCUT2D eigenvalue weighted by molar-refractivity contribution is 5.81. The zero-order valence-electron chi connectivity index (χ0n) is 8.38. The molecule has 1 unspecified atom stereocenters. The van der Waals surface area contributed by atoms with E-state index in [1.807, 2.05) is 13.8 Å². The molecule has 0 aromatic carbocycles. The van der Waals surface area contributed by atoms with Gasteiger partial charge in [-0.2, -0.15) is 0 Å². The van der Waals surface area contributed by atoms with Gasteiger partial charge in [-0.05, 0) is 13.8 Å². The third-order valence-corrected chi connectivity index (χ3v) is 2.32. The van der Waals surface area contributed by atoms with Crippen molar-refractivity contribution in [1.29, 1.82) is 0 Å². The third-order valence-electron chi connectivity index (χ3n) is 2.32. The number of carbonyl (C=O) groups is 1. The Bertz CT molecular complexity index is 167. The zero-order valence-corrected chi connectivity index (χ0v) is 8.38. The predicted molar refractivity (Wildman–Crippen MR) is 50.5 cm³/mol. The van der Waals surface area contributed by atoms with Gasteiger partial charge in [-0.1, -0.05) is 0 Å². The van der Waals surface area contributed by atoms with E-state index in [1.54, 1.807) is 0 Å². The number of carbonyl (C=O) groups excluding carboxylic acids is 1. The van der Waals surface area contributed by atoms with Crippen molar-refractivity contribution in [2.45, 2.75) is 19.9 Å². The Kier molecular flexibility index (Phi) is 4.18. The predicted octanol–water partition coefficient (Wildman–Crippen LogP) is -0.157. The molecule has 13 heavy (non-hydrogen) atoms. The number of morpholine rings is 1. The number of nitrogens with one attached hydrogen (secondary N) is 1. The SMILES string of the molecule is CCNC(=O)C(C)N1CCOCC1. The lowest BCUT2D eigenvalue weighted by molar-refractivity contribution is -0.127. The van der Waals surface area contributed by atoms with Crippen LogP contribution in [0.1, 0.15) is 13.8 Å². The molecule has 0 aromatic heterocycles. The Balaban J connectivity index is 2.35. The quantitative estimate of drug-likeness (QED) is 0.666. The van der Waals surface area contributed by atoms with Crippen molar-refractivity contribution in [3.05, 3.63) is 0 Å². The fourth-order valence-electron chi connectivity index (χ4n) is 1.45. The topological polar surface area (TPSA) is 41.6 Å². The van der Waals surface area contributed by atoms with Crippen molar-refractivity contribution < 1.29 is 9.53 Å². The van der Waals surface area contributed by atoms with Gasteiger partial charge >= 0.3 is 0 Å².